The molecule has 0 radical (unpaired) electrons. The number of aliphatic hydroxyl groups excluding tert-OH is 2. The molecule has 2 atom stereocenters. The van der Waals surface area contributed by atoms with E-state index in [0.29, 0.717) is 6.17 Å². The molecule has 4 nitrogen and oxygen atoms in total. The maximum atomic E-state index is 9.27. The number of rotatable bonds is 19. The summed E-state index contributed by atoms with van der Waals surface area (Å²) < 4.78 is 0. The second-order valence-corrected chi connectivity index (χ2v) is 8.53. The Hall–Kier alpha value is -0.130. The Morgan fingerprint density at radius 1 is 0.828 bits per heavy atom. The van der Waals surface area contributed by atoms with E-state index in [2.05, 4.69) is 24.0 Å². The highest BCUT2D eigenvalue weighted by Crippen LogP contribution is 2.12. The Bertz CT molecular complexity index is 355. The fraction of sp³-hybridized carbons (Fsp3) is 0.917. The molecule has 2 unspecified atom stereocenters. The van der Waals surface area contributed by atoms with Gasteiger partial charge in [-0.2, -0.15) is 0 Å². The van der Waals surface area contributed by atoms with Crippen LogP contribution in [0.5, 0.6) is 0 Å². The molecule has 1 aliphatic rings. The van der Waals surface area contributed by atoms with E-state index in [9.17, 15) is 10.2 Å². The van der Waals surface area contributed by atoms with Crippen molar-refractivity contribution in [3.63, 3.8) is 0 Å². The van der Waals surface area contributed by atoms with Crippen LogP contribution in [0.4, 0.5) is 0 Å². The van der Waals surface area contributed by atoms with Crippen LogP contribution in [0, 0.1) is 0 Å². The van der Waals surface area contributed by atoms with Gasteiger partial charge < -0.3 is 27.5 Å². The molecule has 0 aromatic heterocycles. The molecule has 1 fully saturated rings. The molecule has 0 amide bonds. The Labute approximate surface area is 187 Å². The maximum absolute atomic E-state index is 9.27. The van der Waals surface area contributed by atoms with Crippen molar-refractivity contribution in [3.8, 4) is 0 Å². The number of aliphatic hydroxyl groups is 2. The van der Waals surface area contributed by atoms with Crippen LogP contribution in [0.2, 0.25) is 0 Å². The second-order valence-electron chi connectivity index (χ2n) is 8.53. The molecule has 0 spiro atoms. The zero-order valence-corrected chi connectivity index (χ0v) is 19.8. The first-order valence-electron chi connectivity index (χ1n) is 12.3. The zero-order valence-electron chi connectivity index (χ0n) is 19.1. The summed E-state index contributed by atoms with van der Waals surface area (Å²) in [7, 11) is 0. The van der Waals surface area contributed by atoms with Gasteiger partial charge in [0.05, 0.1) is 26.3 Å². The van der Waals surface area contributed by atoms with Crippen LogP contribution in [0.15, 0.2) is 12.2 Å². The van der Waals surface area contributed by atoms with Gasteiger partial charge in [0.1, 0.15) is 12.7 Å². The fourth-order valence-corrected chi connectivity index (χ4v) is 4.49. The lowest BCUT2D eigenvalue weighted by Gasteiger charge is -2.26. The van der Waals surface area contributed by atoms with E-state index in [1.54, 1.807) is 0 Å². The van der Waals surface area contributed by atoms with E-state index in [4.69, 9.17) is 0 Å². The molecule has 3 N–H and O–H groups in total. The summed E-state index contributed by atoms with van der Waals surface area (Å²) in [6.07, 6.45) is 24.0. The van der Waals surface area contributed by atoms with Crippen molar-refractivity contribution >= 4 is 0 Å². The van der Waals surface area contributed by atoms with E-state index in [1.807, 2.05) is 0 Å². The topological polar surface area (TPSA) is 48.1 Å². The van der Waals surface area contributed by atoms with Gasteiger partial charge in [-0.3, -0.25) is 0 Å². The monoisotopic (exact) mass is 432 g/mol. The van der Waals surface area contributed by atoms with Gasteiger partial charge in [-0.1, -0.05) is 70.4 Å². The smallest absolute Gasteiger partial charge is 0.144 e. The molecule has 0 aromatic rings. The van der Waals surface area contributed by atoms with Crippen molar-refractivity contribution < 1.29 is 27.5 Å². The minimum absolute atomic E-state index is 0. The third kappa shape index (κ3) is 14.5. The first-order chi connectivity index (χ1) is 13.8. The number of allylic oxidation sites excluding steroid dienone is 2. The highest BCUT2D eigenvalue weighted by atomic mass is 35.5. The molecule has 0 aliphatic carbocycles. The minimum atomic E-state index is 0. The van der Waals surface area contributed by atoms with Gasteiger partial charge in [-0.05, 0) is 32.1 Å². The first-order valence-corrected chi connectivity index (χ1v) is 12.3. The van der Waals surface area contributed by atoms with E-state index in [0.717, 1.165) is 26.2 Å². The van der Waals surface area contributed by atoms with Gasteiger partial charge in [0.15, 0.2) is 0 Å². The molecule has 1 heterocycles. The predicted octanol–water partition coefficient (Wildman–Crippen LogP) is 0.539. The van der Waals surface area contributed by atoms with Crippen LogP contribution in [-0.2, 0) is 0 Å². The molecular formula is C24H49ClN2O2. The van der Waals surface area contributed by atoms with E-state index in [-0.39, 0.29) is 25.6 Å². The van der Waals surface area contributed by atoms with Crippen molar-refractivity contribution in [1.29, 1.82) is 0 Å². The second kappa shape index (κ2) is 21.1. The molecule has 5 heteroatoms. The summed E-state index contributed by atoms with van der Waals surface area (Å²) in [4.78, 5) is 3.92. The average molecular weight is 433 g/mol. The normalized spacial score (nSPS) is 19.8. The number of unbranched alkanes of at least 4 members (excludes halogenated alkanes) is 11. The summed E-state index contributed by atoms with van der Waals surface area (Å²) in [6.45, 7) is 6.59. The largest absolute Gasteiger partial charge is 1.00 e. The maximum Gasteiger partial charge on any atom is 0.144 e. The van der Waals surface area contributed by atoms with Gasteiger partial charge in [-0.25, -0.2) is 4.90 Å². The number of nitrogens with one attached hydrogen (secondary N) is 1. The van der Waals surface area contributed by atoms with E-state index < -0.39 is 0 Å². The number of nitrogens with zero attached hydrogens (tertiary/aromatic N) is 1. The van der Waals surface area contributed by atoms with Gasteiger partial charge in [-0.15, -0.1) is 0 Å². The summed E-state index contributed by atoms with van der Waals surface area (Å²) in [5.41, 5.74) is 0. The fourth-order valence-electron chi connectivity index (χ4n) is 4.49. The van der Waals surface area contributed by atoms with Gasteiger partial charge >= 0.3 is 0 Å². The number of hydrogen-bond acceptors (Lipinski definition) is 3. The number of hydrogen-bond donors (Lipinski definition) is 3. The van der Waals surface area contributed by atoms with Crippen LogP contribution >= 0.6 is 0 Å². The van der Waals surface area contributed by atoms with Crippen LogP contribution in [0.3, 0.4) is 0 Å². The molecule has 0 aromatic carbocycles. The molecule has 0 saturated carbocycles. The molecule has 1 aliphatic heterocycles. The van der Waals surface area contributed by atoms with E-state index in [1.165, 1.54) is 94.8 Å². The van der Waals surface area contributed by atoms with Crippen LogP contribution in [0.1, 0.15) is 96.8 Å². The van der Waals surface area contributed by atoms with Crippen LogP contribution in [-0.4, -0.2) is 60.7 Å². The average Bonchev–Trinajstić information content (AvgIpc) is 3.07. The highest BCUT2D eigenvalue weighted by molar-refractivity contribution is 4.81. The van der Waals surface area contributed by atoms with Crippen molar-refractivity contribution in [2.45, 2.75) is 103 Å². The molecular weight excluding hydrogens is 384 g/mol. The quantitative estimate of drug-likeness (QED) is 0.206. The summed E-state index contributed by atoms with van der Waals surface area (Å²) in [5.74, 6) is 0. The summed E-state index contributed by atoms with van der Waals surface area (Å²) in [5, 5.41) is 18.5. The SMILES string of the molecule is CCCCCCCC/C=C\CCCCCCCC1N(CCO)CC[NH+]1CCO.[Cl-]. The Morgan fingerprint density at radius 3 is 2.00 bits per heavy atom. The number of halogens is 1. The van der Waals surface area contributed by atoms with Gasteiger partial charge in [0.2, 0.25) is 0 Å². The van der Waals surface area contributed by atoms with Gasteiger partial charge in [0, 0.05) is 13.0 Å². The minimum Gasteiger partial charge on any atom is -1.00 e. The summed E-state index contributed by atoms with van der Waals surface area (Å²) >= 11 is 0. The molecule has 0 bridgehead atoms. The standard InChI is InChI=1S/C24H48N2O2.ClH/c1-2-3-4-5-6-7-8-9-10-11-12-13-14-15-16-17-24-25(20-22-27)18-19-26(24)21-23-28;/h9-10,24,27-28H,2-8,11-23H2,1H3;1H/b10-9-;. The van der Waals surface area contributed by atoms with Crippen molar-refractivity contribution in [2.24, 2.45) is 0 Å². The third-order valence-corrected chi connectivity index (χ3v) is 6.19. The van der Waals surface area contributed by atoms with E-state index >= 15 is 0 Å². The van der Waals surface area contributed by atoms with Crippen LogP contribution < -0.4 is 17.3 Å². The Kier molecular flexibility index (Phi) is 21.0. The van der Waals surface area contributed by atoms with Gasteiger partial charge in [0.25, 0.3) is 0 Å². The lowest BCUT2D eigenvalue weighted by Crippen LogP contribution is -3.15. The molecule has 29 heavy (non-hydrogen) atoms. The summed E-state index contributed by atoms with van der Waals surface area (Å²) in [6, 6.07) is 0. The van der Waals surface area contributed by atoms with Crippen LogP contribution in [0.25, 0.3) is 0 Å². The Morgan fingerprint density at radius 2 is 1.41 bits per heavy atom. The first kappa shape index (κ1) is 28.9. The third-order valence-electron chi connectivity index (χ3n) is 6.19. The highest BCUT2D eigenvalue weighted by Gasteiger charge is 2.34. The number of quaternary nitrogens is 1. The Balaban J connectivity index is 0.00000784. The number of β-amino-alcohol motifs (C(OH)–C–C–N with tert-alkyl or cyclic N) is 1. The van der Waals surface area contributed by atoms with Crippen molar-refractivity contribution in [1.82, 2.24) is 4.90 Å². The molecule has 1 saturated heterocycles. The van der Waals surface area contributed by atoms with Crippen molar-refractivity contribution in [3.05, 3.63) is 12.2 Å². The predicted molar refractivity (Wildman–Crippen MR) is 120 cm³/mol. The lowest BCUT2D eigenvalue weighted by molar-refractivity contribution is -0.919. The van der Waals surface area contributed by atoms with Crippen molar-refractivity contribution in [2.75, 3.05) is 39.4 Å². The molecule has 1 rings (SSSR count). The lowest BCUT2D eigenvalue weighted by atomic mass is 10.1. The zero-order chi connectivity index (χ0) is 20.3. The molecule has 174 valence electrons.